The van der Waals surface area contributed by atoms with Crippen molar-refractivity contribution < 1.29 is 0 Å². The van der Waals surface area contributed by atoms with Crippen LogP contribution in [0.15, 0.2) is 12.1 Å². The summed E-state index contributed by atoms with van der Waals surface area (Å²) in [4.78, 5) is 0. The number of nitrogens with one attached hydrogen (secondary N) is 1. The van der Waals surface area contributed by atoms with Crippen molar-refractivity contribution in [1.82, 2.24) is 15.5 Å². The van der Waals surface area contributed by atoms with E-state index in [2.05, 4.69) is 42.4 Å². The highest BCUT2D eigenvalue weighted by atomic mass is 15.1. The lowest BCUT2D eigenvalue weighted by atomic mass is 9.99. The average molecular weight is 235 g/mol. The highest BCUT2D eigenvalue weighted by molar-refractivity contribution is 5.06. The van der Waals surface area contributed by atoms with Crippen LogP contribution in [0.1, 0.15) is 45.0 Å². The monoisotopic (exact) mass is 235 g/mol. The minimum atomic E-state index is 0.520. The van der Waals surface area contributed by atoms with Crippen molar-refractivity contribution in [3.63, 3.8) is 0 Å². The number of aromatic nitrogens is 2. The number of rotatable bonds is 7. The third-order valence-corrected chi connectivity index (χ3v) is 2.75. The zero-order valence-corrected chi connectivity index (χ0v) is 11.5. The van der Waals surface area contributed by atoms with Gasteiger partial charge < -0.3 is 5.32 Å². The van der Waals surface area contributed by atoms with Crippen LogP contribution < -0.4 is 5.32 Å². The lowest BCUT2D eigenvalue weighted by Gasteiger charge is -2.19. The summed E-state index contributed by atoms with van der Waals surface area (Å²) in [6, 6.07) is 4.64. The Morgan fingerprint density at radius 1 is 1.24 bits per heavy atom. The van der Waals surface area contributed by atoms with Crippen LogP contribution in [0.3, 0.4) is 0 Å². The SMILES string of the molecule is CCCNC(Cc1ccc(C)nn1)CC(C)C. The molecule has 0 spiro atoms. The average Bonchev–Trinajstić information content (AvgIpc) is 2.28. The molecule has 0 radical (unpaired) electrons. The number of nitrogens with zero attached hydrogens (tertiary/aromatic N) is 2. The second-order valence-corrected chi connectivity index (χ2v) is 5.15. The fourth-order valence-corrected chi connectivity index (χ4v) is 1.94. The van der Waals surface area contributed by atoms with E-state index in [9.17, 15) is 0 Å². The van der Waals surface area contributed by atoms with Crippen molar-refractivity contribution in [2.75, 3.05) is 6.54 Å². The van der Waals surface area contributed by atoms with Crippen LogP contribution in [-0.2, 0) is 6.42 Å². The zero-order valence-electron chi connectivity index (χ0n) is 11.5. The maximum Gasteiger partial charge on any atom is 0.0646 e. The predicted octanol–water partition coefficient (Wildman–Crippen LogP) is 2.74. The summed E-state index contributed by atoms with van der Waals surface area (Å²) < 4.78 is 0. The van der Waals surface area contributed by atoms with Crippen molar-refractivity contribution in [2.45, 2.75) is 53.0 Å². The second-order valence-electron chi connectivity index (χ2n) is 5.15. The predicted molar refractivity (Wildman–Crippen MR) is 72.0 cm³/mol. The molecular formula is C14H25N3. The van der Waals surface area contributed by atoms with Gasteiger partial charge in [0, 0.05) is 12.5 Å². The maximum atomic E-state index is 4.24. The Kier molecular flexibility index (Phi) is 6.12. The van der Waals surface area contributed by atoms with E-state index in [0.29, 0.717) is 12.0 Å². The zero-order chi connectivity index (χ0) is 12.7. The fraction of sp³-hybridized carbons (Fsp3) is 0.714. The molecule has 0 aliphatic carbocycles. The molecule has 96 valence electrons. The van der Waals surface area contributed by atoms with Crippen molar-refractivity contribution >= 4 is 0 Å². The highest BCUT2D eigenvalue weighted by Crippen LogP contribution is 2.09. The molecule has 1 rings (SSSR count). The van der Waals surface area contributed by atoms with Gasteiger partial charge in [-0.2, -0.15) is 10.2 Å². The van der Waals surface area contributed by atoms with E-state index in [1.54, 1.807) is 0 Å². The highest BCUT2D eigenvalue weighted by Gasteiger charge is 2.11. The summed E-state index contributed by atoms with van der Waals surface area (Å²) in [5, 5.41) is 12.0. The van der Waals surface area contributed by atoms with E-state index in [-0.39, 0.29) is 0 Å². The van der Waals surface area contributed by atoms with E-state index >= 15 is 0 Å². The first-order valence-corrected chi connectivity index (χ1v) is 6.64. The molecule has 0 fully saturated rings. The fourth-order valence-electron chi connectivity index (χ4n) is 1.94. The Hall–Kier alpha value is -0.960. The quantitative estimate of drug-likeness (QED) is 0.789. The van der Waals surface area contributed by atoms with Crippen LogP contribution in [0.2, 0.25) is 0 Å². The minimum absolute atomic E-state index is 0.520. The minimum Gasteiger partial charge on any atom is -0.314 e. The van der Waals surface area contributed by atoms with Crippen molar-refractivity contribution in [3.8, 4) is 0 Å². The lowest BCUT2D eigenvalue weighted by Crippen LogP contribution is -2.33. The molecule has 17 heavy (non-hydrogen) atoms. The van der Waals surface area contributed by atoms with Gasteiger partial charge in [0.2, 0.25) is 0 Å². The topological polar surface area (TPSA) is 37.8 Å². The molecule has 0 amide bonds. The lowest BCUT2D eigenvalue weighted by molar-refractivity contribution is 0.412. The maximum absolute atomic E-state index is 4.24. The normalized spacial score (nSPS) is 13.0. The molecule has 0 saturated heterocycles. The van der Waals surface area contributed by atoms with E-state index in [4.69, 9.17) is 0 Å². The Morgan fingerprint density at radius 2 is 2.00 bits per heavy atom. The Balaban J connectivity index is 2.54. The molecule has 3 heteroatoms. The molecular weight excluding hydrogens is 210 g/mol. The molecule has 1 N–H and O–H groups in total. The number of hydrogen-bond acceptors (Lipinski definition) is 3. The van der Waals surface area contributed by atoms with Gasteiger partial charge in [-0.05, 0) is 44.4 Å². The summed E-state index contributed by atoms with van der Waals surface area (Å²) in [7, 11) is 0. The Bertz CT molecular complexity index is 306. The molecule has 1 atom stereocenters. The molecule has 0 bridgehead atoms. The molecule has 0 saturated carbocycles. The van der Waals surface area contributed by atoms with Crippen molar-refractivity contribution in [1.29, 1.82) is 0 Å². The standard InChI is InChI=1S/C14H25N3/c1-5-8-15-14(9-11(2)3)10-13-7-6-12(4)16-17-13/h6-7,11,14-15H,5,8-10H2,1-4H3. The van der Waals surface area contributed by atoms with Gasteiger partial charge in [-0.15, -0.1) is 0 Å². The summed E-state index contributed by atoms with van der Waals surface area (Å²) in [5.74, 6) is 0.711. The summed E-state index contributed by atoms with van der Waals surface area (Å²) >= 11 is 0. The van der Waals surface area contributed by atoms with E-state index < -0.39 is 0 Å². The van der Waals surface area contributed by atoms with E-state index in [1.807, 2.05) is 13.0 Å². The Labute approximate surface area is 105 Å². The van der Waals surface area contributed by atoms with Crippen LogP contribution in [0.5, 0.6) is 0 Å². The summed E-state index contributed by atoms with van der Waals surface area (Å²) in [6.45, 7) is 9.78. The first kappa shape index (κ1) is 14.1. The van der Waals surface area contributed by atoms with Gasteiger partial charge in [-0.3, -0.25) is 0 Å². The summed E-state index contributed by atoms with van der Waals surface area (Å²) in [5.41, 5.74) is 2.07. The largest absolute Gasteiger partial charge is 0.314 e. The molecule has 1 aromatic rings. The second kappa shape index (κ2) is 7.38. The molecule has 0 aliphatic rings. The van der Waals surface area contributed by atoms with Crippen LogP contribution >= 0.6 is 0 Å². The van der Waals surface area contributed by atoms with Gasteiger partial charge >= 0.3 is 0 Å². The van der Waals surface area contributed by atoms with Crippen molar-refractivity contribution in [2.24, 2.45) is 5.92 Å². The van der Waals surface area contributed by atoms with Gasteiger partial charge in [0.1, 0.15) is 0 Å². The molecule has 1 aromatic heterocycles. The van der Waals surface area contributed by atoms with Gasteiger partial charge in [0.25, 0.3) is 0 Å². The van der Waals surface area contributed by atoms with Gasteiger partial charge in [0.05, 0.1) is 11.4 Å². The smallest absolute Gasteiger partial charge is 0.0646 e. The van der Waals surface area contributed by atoms with Crippen molar-refractivity contribution in [3.05, 3.63) is 23.5 Å². The number of aryl methyl sites for hydroxylation is 1. The van der Waals surface area contributed by atoms with E-state index in [1.165, 1.54) is 12.8 Å². The molecule has 0 aromatic carbocycles. The van der Waals surface area contributed by atoms with Gasteiger partial charge in [-0.25, -0.2) is 0 Å². The number of hydrogen-bond donors (Lipinski definition) is 1. The molecule has 1 heterocycles. The molecule has 1 unspecified atom stereocenters. The van der Waals surface area contributed by atoms with Crippen LogP contribution in [0.4, 0.5) is 0 Å². The summed E-state index contributed by atoms with van der Waals surface area (Å²) in [6.07, 6.45) is 3.34. The third kappa shape index (κ3) is 5.78. The first-order valence-electron chi connectivity index (χ1n) is 6.64. The van der Waals surface area contributed by atoms with E-state index in [0.717, 1.165) is 24.4 Å². The van der Waals surface area contributed by atoms with Crippen LogP contribution in [0, 0.1) is 12.8 Å². The van der Waals surface area contributed by atoms with Crippen LogP contribution in [-0.4, -0.2) is 22.8 Å². The van der Waals surface area contributed by atoms with Gasteiger partial charge in [0.15, 0.2) is 0 Å². The Morgan fingerprint density at radius 3 is 2.53 bits per heavy atom. The molecule has 3 nitrogen and oxygen atoms in total. The van der Waals surface area contributed by atoms with Crippen LogP contribution in [0.25, 0.3) is 0 Å². The molecule has 0 aliphatic heterocycles. The first-order chi connectivity index (χ1) is 8.11. The van der Waals surface area contributed by atoms with Gasteiger partial charge in [-0.1, -0.05) is 20.8 Å². The third-order valence-electron chi connectivity index (χ3n) is 2.75.